The summed E-state index contributed by atoms with van der Waals surface area (Å²) in [6.45, 7) is 0. The predicted molar refractivity (Wildman–Crippen MR) is 51.3 cm³/mol. The zero-order chi connectivity index (χ0) is 10.7. The zero-order valence-electron chi connectivity index (χ0n) is 7.59. The minimum absolute atomic E-state index is 0.242. The predicted octanol–water partition coefficient (Wildman–Crippen LogP) is 1.98. The minimum Gasteiger partial charge on any atom is -0.303 e. The first kappa shape index (κ1) is 9.30. The maximum atomic E-state index is 13.5. The van der Waals surface area contributed by atoms with Crippen LogP contribution in [-0.2, 0) is 4.79 Å². The monoisotopic (exact) mass is 203 g/mol. The second kappa shape index (κ2) is 3.86. The van der Waals surface area contributed by atoms with Gasteiger partial charge in [0.15, 0.2) is 0 Å². The first-order valence-corrected chi connectivity index (χ1v) is 4.17. The Morgan fingerprint density at radius 3 is 2.93 bits per heavy atom. The summed E-state index contributed by atoms with van der Waals surface area (Å²) in [7, 11) is 0. The van der Waals surface area contributed by atoms with Crippen LogP contribution in [0.1, 0.15) is 0 Å². The molecule has 1 aromatic carbocycles. The fourth-order valence-electron chi connectivity index (χ4n) is 1.23. The molecule has 0 aliphatic heterocycles. The van der Waals surface area contributed by atoms with E-state index in [1.165, 1.54) is 35.2 Å². The normalized spacial score (nSPS) is 9.67. The molecule has 0 fully saturated rings. The molecule has 74 valence electrons. The summed E-state index contributed by atoms with van der Waals surface area (Å²) in [5, 5.41) is 0. The van der Waals surface area contributed by atoms with Crippen LogP contribution in [0.4, 0.5) is 10.1 Å². The number of imidazole rings is 1. The van der Waals surface area contributed by atoms with Crippen molar-refractivity contribution in [3.8, 4) is 5.69 Å². The number of hydrogen-bond acceptors (Lipinski definition) is 3. The molecule has 1 aromatic heterocycles. The topological polar surface area (TPSA) is 47.2 Å². The Bertz CT molecular complexity index is 515. The number of nitrogens with zero attached hydrogens (tertiary/aromatic N) is 3. The lowest BCUT2D eigenvalue weighted by atomic mass is 10.2. The molecule has 0 bridgehead atoms. The molecule has 0 spiro atoms. The summed E-state index contributed by atoms with van der Waals surface area (Å²) < 4.78 is 15.0. The lowest BCUT2D eigenvalue weighted by molar-refractivity contribution is 0.565. The van der Waals surface area contributed by atoms with E-state index in [-0.39, 0.29) is 5.69 Å². The molecule has 0 unspecified atom stereocenters. The zero-order valence-corrected chi connectivity index (χ0v) is 7.59. The fraction of sp³-hybridized carbons (Fsp3) is 0. The number of hydrogen-bond donors (Lipinski definition) is 0. The van der Waals surface area contributed by atoms with Crippen LogP contribution in [0, 0.1) is 5.82 Å². The largest absolute Gasteiger partial charge is 0.303 e. The van der Waals surface area contributed by atoms with Crippen LogP contribution in [0.25, 0.3) is 5.69 Å². The number of aromatic nitrogens is 2. The van der Waals surface area contributed by atoms with Gasteiger partial charge in [-0.3, -0.25) is 0 Å². The Morgan fingerprint density at radius 2 is 2.33 bits per heavy atom. The number of rotatable bonds is 2. The molecule has 0 atom stereocenters. The van der Waals surface area contributed by atoms with Crippen molar-refractivity contribution in [3.63, 3.8) is 0 Å². The quantitative estimate of drug-likeness (QED) is 0.553. The molecular weight excluding hydrogens is 197 g/mol. The molecule has 0 amide bonds. The van der Waals surface area contributed by atoms with E-state index in [9.17, 15) is 9.18 Å². The van der Waals surface area contributed by atoms with Crippen LogP contribution < -0.4 is 0 Å². The molecule has 4 nitrogen and oxygen atoms in total. The van der Waals surface area contributed by atoms with Gasteiger partial charge >= 0.3 is 0 Å². The van der Waals surface area contributed by atoms with Crippen molar-refractivity contribution >= 4 is 11.8 Å². The Kier molecular flexibility index (Phi) is 2.39. The van der Waals surface area contributed by atoms with Gasteiger partial charge in [-0.1, -0.05) is 0 Å². The Morgan fingerprint density at radius 1 is 1.47 bits per heavy atom. The molecule has 2 aromatic rings. The highest BCUT2D eigenvalue weighted by Gasteiger charge is 2.04. The Hall–Kier alpha value is -2.26. The summed E-state index contributed by atoms with van der Waals surface area (Å²) in [6.07, 6.45) is 6.02. The molecule has 15 heavy (non-hydrogen) atoms. The second-order valence-corrected chi connectivity index (χ2v) is 2.81. The Balaban J connectivity index is 2.48. The van der Waals surface area contributed by atoms with Gasteiger partial charge in [-0.05, 0) is 12.1 Å². The number of carbonyl (C=O) groups excluding carboxylic acids is 1. The standard InChI is InChI=1S/C10H6FN3O/c11-9-5-8(13-7-15)1-2-10(9)14-4-3-12-6-14/h1-6H. The second-order valence-electron chi connectivity index (χ2n) is 2.81. The van der Waals surface area contributed by atoms with Crippen molar-refractivity contribution in [1.82, 2.24) is 9.55 Å². The van der Waals surface area contributed by atoms with Crippen molar-refractivity contribution in [3.05, 3.63) is 42.7 Å². The summed E-state index contributed by atoms with van der Waals surface area (Å²) in [6, 6.07) is 4.22. The summed E-state index contributed by atoms with van der Waals surface area (Å²) in [5.74, 6) is -0.468. The van der Waals surface area contributed by atoms with E-state index in [2.05, 4.69) is 9.98 Å². The van der Waals surface area contributed by atoms with Crippen molar-refractivity contribution in [2.24, 2.45) is 4.99 Å². The van der Waals surface area contributed by atoms with E-state index in [0.29, 0.717) is 5.69 Å². The van der Waals surface area contributed by atoms with Crippen LogP contribution in [0.15, 0.2) is 41.9 Å². The minimum atomic E-state index is -0.468. The van der Waals surface area contributed by atoms with Crippen LogP contribution in [-0.4, -0.2) is 15.6 Å². The fourth-order valence-corrected chi connectivity index (χ4v) is 1.23. The molecule has 0 aliphatic carbocycles. The van der Waals surface area contributed by atoms with Gasteiger partial charge in [0.1, 0.15) is 5.82 Å². The molecule has 0 aliphatic rings. The van der Waals surface area contributed by atoms with Gasteiger partial charge in [-0.15, -0.1) is 0 Å². The van der Waals surface area contributed by atoms with Gasteiger partial charge < -0.3 is 4.57 Å². The third-order valence-electron chi connectivity index (χ3n) is 1.89. The average molecular weight is 203 g/mol. The Labute approximate surface area is 84.7 Å². The van der Waals surface area contributed by atoms with Crippen LogP contribution >= 0.6 is 0 Å². The lowest BCUT2D eigenvalue weighted by Gasteiger charge is -2.03. The average Bonchev–Trinajstić information content (AvgIpc) is 2.71. The maximum Gasteiger partial charge on any atom is 0.240 e. The molecule has 1 heterocycles. The van der Waals surface area contributed by atoms with Crippen molar-refractivity contribution in [1.29, 1.82) is 0 Å². The third-order valence-corrected chi connectivity index (χ3v) is 1.89. The number of isocyanates is 1. The van der Waals surface area contributed by atoms with E-state index in [0.717, 1.165) is 0 Å². The SMILES string of the molecule is O=C=Nc1ccc(-n2ccnc2)c(F)c1. The first-order chi connectivity index (χ1) is 7.31. The van der Waals surface area contributed by atoms with Gasteiger partial charge in [-0.2, -0.15) is 4.99 Å². The lowest BCUT2D eigenvalue weighted by Crippen LogP contribution is -1.93. The van der Waals surface area contributed by atoms with E-state index in [1.807, 2.05) is 0 Å². The molecule has 0 radical (unpaired) electrons. The van der Waals surface area contributed by atoms with Crippen molar-refractivity contribution in [2.75, 3.05) is 0 Å². The van der Waals surface area contributed by atoms with Gasteiger partial charge in [0.2, 0.25) is 6.08 Å². The van der Waals surface area contributed by atoms with Crippen LogP contribution in [0.3, 0.4) is 0 Å². The number of benzene rings is 1. The van der Waals surface area contributed by atoms with Gasteiger partial charge in [0, 0.05) is 18.5 Å². The number of halogens is 1. The molecule has 0 N–H and O–H groups in total. The van der Waals surface area contributed by atoms with Gasteiger partial charge in [0.25, 0.3) is 0 Å². The highest BCUT2D eigenvalue weighted by molar-refractivity contribution is 5.52. The molecule has 0 saturated heterocycles. The summed E-state index contributed by atoms with van der Waals surface area (Å²) in [4.78, 5) is 17.1. The highest BCUT2D eigenvalue weighted by atomic mass is 19.1. The van der Waals surface area contributed by atoms with E-state index in [4.69, 9.17) is 0 Å². The molecule has 0 saturated carbocycles. The summed E-state index contributed by atoms with van der Waals surface area (Å²) in [5.41, 5.74) is 0.601. The summed E-state index contributed by atoms with van der Waals surface area (Å²) >= 11 is 0. The van der Waals surface area contributed by atoms with E-state index >= 15 is 0 Å². The van der Waals surface area contributed by atoms with Gasteiger partial charge in [-0.25, -0.2) is 14.2 Å². The smallest absolute Gasteiger partial charge is 0.240 e. The first-order valence-electron chi connectivity index (χ1n) is 4.17. The van der Waals surface area contributed by atoms with Crippen LogP contribution in [0.5, 0.6) is 0 Å². The van der Waals surface area contributed by atoms with Gasteiger partial charge in [0.05, 0.1) is 17.7 Å². The third kappa shape index (κ3) is 1.82. The maximum absolute atomic E-state index is 13.5. The van der Waals surface area contributed by atoms with Crippen LogP contribution in [0.2, 0.25) is 0 Å². The highest BCUT2D eigenvalue weighted by Crippen LogP contribution is 2.19. The van der Waals surface area contributed by atoms with E-state index < -0.39 is 5.82 Å². The van der Waals surface area contributed by atoms with Crippen molar-refractivity contribution in [2.45, 2.75) is 0 Å². The van der Waals surface area contributed by atoms with E-state index in [1.54, 1.807) is 12.4 Å². The van der Waals surface area contributed by atoms with Crippen molar-refractivity contribution < 1.29 is 9.18 Å². The molecular formula is C10H6FN3O. The number of aliphatic imine (C=N–C) groups is 1. The molecule has 2 rings (SSSR count). The molecule has 5 heteroatoms.